The number of anilines is 1. The van der Waals surface area contributed by atoms with E-state index in [0.29, 0.717) is 31.9 Å². The summed E-state index contributed by atoms with van der Waals surface area (Å²) in [7, 11) is -2.01. The summed E-state index contributed by atoms with van der Waals surface area (Å²) in [6, 6.07) is 6.56. The molecule has 2 heterocycles. The molecule has 10 heteroatoms. The van der Waals surface area contributed by atoms with Gasteiger partial charge in [-0.1, -0.05) is 27.5 Å². The first kappa shape index (κ1) is 18.4. The minimum absolute atomic E-state index is 0.0988. The largest absolute Gasteiger partial charge is 0.366 e. The van der Waals surface area contributed by atoms with Gasteiger partial charge in [-0.25, -0.2) is 13.1 Å². The van der Waals surface area contributed by atoms with E-state index in [4.69, 9.17) is 11.6 Å². The van der Waals surface area contributed by atoms with Crippen LogP contribution in [-0.2, 0) is 17.1 Å². The van der Waals surface area contributed by atoms with Crippen molar-refractivity contribution in [3.63, 3.8) is 0 Å². The summed E-state index contributed by atoms with van der Waals surface area (Å²) in [6.45, 7) is 1.49. The molecule has 1 fully saturated rings. The zero-order chi connectivity index (χ0) is 18.2. The maximum absolute atomic E-state index is 12.7. The zero-order valence-electron chi connectivity index (χ0n) is 13.4. The summed E-state index contributed by atoms with van der Waals surface area (Å²) in [4.78, 5) is 14.0. The van der Waals surface area contributed by atoms with Gasteiger partial charge in [-0.3, -0.25) is 4.79 Å². The standard InChI is InChI=1S/C15H16BrClN4O3S/c1-19-15(22)14(17)13(10-18-19)20-6-8-21(9-7-20)25(23,24)12-4-2-11(16)3-5-12/h2-5,10H,6-9H2,1H3. The molecule has 134 valence electrons. The first-order valence-electron chi connectivity index (χ1n) is 7.53. The van der Waals surface area contributed by atoms with Crippen molar-refractivity contribution in [3.05, 3.63) is 50.3 Å². The molecule has 3 rings (SSSR count). The van der Waals surface area contributed by atoms with Gasteiger partial charge < -0.3 is 4.90 Å². The van der Waals surface area contributed by atoms with Crippen molar-refractivity contribution in [2.75, 3.05) is 31.1 Å². The van der Waals surface area contributed by atoms with E-state index in [9.17, 15) is 13.2 Å². The maximum atomic E-state index is 12.7. The van der Waals surface area contributed by atoms with Crippen molar-refractivity contribution in [2.45, 2.75) is 4.90 Å². The fraction of sp³-hybridized carbons (Fsp3) is 0.333. The number of aryl methyl sites for hydroxylation is 1. The van der Waals surface area contributed by atoms with Crippen molar-refractivity contribution in [1.82, 2.24) is 14.1 Å². The van der Waals surface area contributed by atoms with Gasteiger partial charge in [-0.05, 0) is 24.3 Å². The molecule has 1 aromatic heterocycles. The van der Waals surface area contributed by atoms with Crippen LogP contribution in [0.3, 0.4) is 0 Å². The summed E-state index contributed by atoms with van der Waals surface area (Å²) >= 11 is 9.42. The smallest absolute Gasteiger partial charge is 0.287 e. The Kier molecular flexibility index (Phi) is 5.19. The molecule has 0 atom stereocenters. The first-order chi connectivity index (χ1) is 11.8. The minimum Gasteiger partial charge on any atom is -0.366 e. The lowest BCUT2D eigenvalue weighted by molar-refractivity contribution is 0.384. The number of rotatable bonds is 3. The Labute approximate surface area is 159 Å². The summed E-state index contributed by atoms with van der Waals surface area (Å²) in [5, 5.41) is 4.08. The Balaban J connectivity index is 1.77. The third-order valence-electron chi connectivity index (χ3n) is 4.09. The number of piperazine rings is 1. The van der Waals surface area contributed by atoms with E-state index in [1.807, 2.05) is 4.90 Å². The number of hydrogen-bond donors (Lipinski definition) is 0. The molecule has 0 aliphatic carbocycles. The van der Waals surface area contributed by atoms with Gasteiger partial charge in [0.2, 0.25) is 10.0 Å². The number of hydrogen-bond acceptors (Lipinski definition) is 5. The average Bonchev–Trinajstić information content (AvgIpc) is 2.60. The molecule has 7 nitrogen and oxygen atoms in total. The Bertz CT molecular complexity index is 938. The van der Waals surface area contributed by atoms with Crippen molar-refractivity contribution >= 4 is 43.2 Å². The fourth-order valence-corrected chi connectivity index (χ4v) is 4.62. The quantitative estimate of drug-likeness (QED) is 0.716. The number of sulfonamides is 1. The van der Waals surface area contributed by atoms with Gasteiger partial charge >= 0.3 is 0 Å². The molecule has 1 aliphatic rings. The van der Waals surface area contributed by atoms with Gasteiger partial charge in [0.25, 0.3) is 5.56 Å². The zero-order valence-corrected chi connectivity index (χ0v) is 16.6. The number of halogens is 2. The van der Waals surface area contributed by atoms with E-state index in [0.717, 1.165) is 4.47 Å². The molecule has 1 aliphatic heterocycles. The molecule has 0 amide bonds. The van der Waals surface area contributed by atoms with Crippen LogP contribution in [0.1, 0.15) is 0 Å². The lowest BCUT2D eigenvalue weighted by Crippen LogP contribution is -2.49. The van der Waals surface area contributed by atoms with Crippen LogP contribution in [-0.4, -0.2) is 48.7 Å². The van der Waals surface area contributed by atoms with Crippen LogP contribution >= 0.6 is 27.5 Å². The van der Waals surface area contributed by atoms with Crippen molar-refractivity contribution in [1.29, 1.82) is 0 Å². The van der Waals surface area contributed by atoms with Crippen LogP contribution in [0.25, 0.3) is 0 Å². The number of aromatic nitrogens is 2. The third kappa shape index (κ3) is 3.59. The summed E-state index contributed by atoms with van der Waals surface area (Å²) < 4.78 is 28.8. The van der Waals surface area contributed by atoms with Gasteiger partial charge in [0.05, 0.1) is 16.8 Å². The van der Waals surface area contributed by atoms with Gasteiger partial charge in [0, 0.05) is 37.7 Å². The predicted molar refractivity (Wildman–Crippen MR) is 99.6 cm³/mol. The highest BCUT2D eigenvalue weighted by Crippen LogP contribution is 2.25. The van der Waals surface area contributed by atoms with E-state index in [1.165, 1.54) is 22.2 Å². The van der Waals surface area contributed by atoms with E-state index in [2.05, 4.69) is 21.0 Å². The highest BCUT2D eigenvalue weighted by molar-refractivity contribution is 9.10. The molecule has 0 bridgehead atoms. The van der Waals surface area contributed by atoms with Gasteiger partial charge in [0.1, 0.15) is 5.02 Å². The van der Waals surface area contributed by atoms with Crippen molar-refractivity contribution < 1.29 is 8.42 Å². The SMILES string of the molecule is Cn1ncc(N2CCN(S(=O)(=O)c3ccc(Br)cc3)CC2)c(Cl)c1=O. The topological polar surface area (TPSA) is 75.5 Å². The second kappa shape index (κ2) is 7.06. The van der Waals surface area contributed by atoms with E-state index in [1.54, 1.807) is 24.3 Å². The van der Waals surface area contributed by atoms with Gasteiger partial charge in [-0.15, -0.1) is 0 Å². The predicted octanol–water partition coefficient (Wildman–Crippen LogP) is 1.71. The Hall–Kier alpha value is -1.42. The molecule has 0 unspecified atom stereocenters. The van der Waals surface area contributed by atoms with Gasteiger partial charge in [-0.2, -0.15) is 9.40 Å². The molecular formula is C15H16BrClN4O3S. The second-order valence-corrected chi connectivity index (χ2v) is 8.85. The Morgan fingerprint density at radius 1 is 1.12 bits per heavy atom. The summed E-state index contributed by atoms with van der Waals surface area (Å²) in [5.74, 6) is 0. The fourth-order valence-electron chi connectivity index (χ4n) is 2.65. The monoisotopic (exact) mass is 446 g/mol. The van der Waals surface area contributed by atoms with Crippen LogP contribution in [0.15, 0.2) is 44.6 Å². The molecule has 1 aromatic carbocycles. The molecule has 0 N–H and O–H groups in total. The van der Waals surface area contributed by atoms with Crippen molar-refractivity contribution in [2.24, 2.45) is 7.05 Å². The molecular weight excluding hydrogens is 432 g/mol. The highest BCUT2D eigenvalue weighted by Gasteiger charge is 2.29. The van der Waals surface area contributed by atoms with E-state index in [-0.39, 0.29) is 15.5 Å². The van der Waals surface area contributed by atoms with Crippen molar-refractivity contribution in [3.8, 4) is 0 Å². The summed E-state index contributed by atoms with van der Waals surface area (Å²) in [6.07, 6.45) is 1.53. The second-order valence-electron chi connectivity index (χ2n) is 5.62. The maximum Gasteiger partial charge on any atom is 0.287 e. The Morgan fingerprint density at radius 2 is 1.72 bits per heavy atom. The molecule has 0 spiro atoms. The van der Waals surface area contributed by atoms with Crippen LogP contribution in [0.5, 0.6) is 0 Å². The first-order valence-corrected chi connectivity index (χ1v) is 10.1. The molecule has 0 saturated carbocycles. The molecule has 1 saturated heterocycles. The number of benzene rings is 1. The van der Waals surface area contributed by atoms with Gasteiger partial charge in [0.15, 0.2) is 0 Å². The van der Waals surface area contributed by atoms with E-state index >= 15 is 0 Å². The van der Waals surface area contributed by atoms with Crippen LogP contribution in [0.2, 0.25) is 5.02 Å². The lowest BCUT2D eigenvalue weighted by atomic mass is 10.3. The summed E-state index contributed by atoms with van der Waals surface area (Å²) in [5.41, 5.74) is 0.162. The highest BCUT2D eigenvalue weighted by atomic mass is 79.9. The molecule has 0 radical (unpaired) electrons. The third-order valence-corrected chi connectivity index (χ3v) is 6.89. The molecule has 2 aromatic rings. The normalized spacial score (nSPS) is 16.2. The average molecular weight is 448 g/mol. The van der Waals surface area contributed by atoms with Crippen LogP contribution in [0, 0.1) is 0 Å². The van der Waals surface area contributed by atoms with Crippen LogP contribution < -0.4 is 10.5 Å². The number of nitrogens with zero attached hydrogens (tertiary/aromatic N) is 4. The Morgan fingerprint density at radius 3 is 2.32 bits per heavy atom. The molecule has 25 heavy (non-hydrogen) atoms. The van der Waals surface area contributed by atoms with Crippen LogP contribution in [0.4, 0.5) is 5.69 Å². The lowest BCUT2D eigenvalue weighted by Gasteiger charge is -2.35. The van der Waals surface area contributed by atoms with E-state index < -0.39 is 10.0 Å². The minimum atomic E-state index is -3.54.